The Morgan fingerprint density at radius 3 is 2.38 bits per heavy atom. The Bertz CT molecular complexity index is 1610. The van der Waals surface area contributed by atoms with Crippen molar-refractivity contribution in [2.75, 3.05) is 43.3 Å². The molecular weight excluding hydrogens is 614 g/mol. The molecule has 0 aliphatic carbocycles. The Morgan fingerprint density at radius 2 is 1.74 bits per heavy atom. The third-order valence-corrected chi connectivity index (χ3v) is 14.3. The third-order valence-electron chi connectivity index (χ3n) is 9.92. The molecule has 0 bridgehead atoms. The van der Waals surface area contributed by atoms with Crippen LogP contribution in [0.3, 0.4) is 0 Å². The van der Waals surface area contributed by atoms with E-state index in [1.807, 2.05) is 24.3 Å². The van der Waals surface area contributed by atoms with Crippen molar-refractivity contribution in [3.63, 3.8) is 0 Å². The number of nitrogen functional groups attached to an aromatic ring is 1. The minimum Gasteiger partial charge on any atom is -0.497 e. The van der Waals surface area contributed by atoms with E-state index in [-0.39, 0.29) is 48.4 Å². The summed E-state index contributed by atoms with van der Waals surface area (Å²) in [5.41, 5.74) is 7.45. The number of ether oxygens (including phenoxy) is 3. The highest BCUT2D eigenvalue weighted by atomic mass is 28.3. The monoisotopic (exact) mass is 659 g/mol. The highest BCUT2D eigenvalue weighted by molar-refractivity contribution is 6.91. The Morgan fingerprint density at radius 1 is 1.04 bits per heavy atom. The molecule has 3 aromatic rings. The topological polar surface area (TPSA) is 140 Å². The first kappa shape index (κ1) is 34.1. The molecule has 1 fully saturated rings. The molecule has 1 saturated heterocycles. The smallest absolute Gasteiger partial charge is 0.305 e. The molecule has 2 aliphatic heterocycles. The first-order valence-electron chi connectivity index (χ1n) is 16.1. The second-order valence-electron chi connectivity index (χ2n) is 13.0. The van der Waals surface area contributed by atoms with Crippen LogP contribution < -0.4 is 25.9 Å². The van der Waals surface area contributed by atoms with Crippen molar-refractivity contribution in [2.45, 2.75) is 62.9 Å². The highest BCUT2D eigenvalue weighted by Crippen LogP contribution is 2.60. The van der Waals surface area contributed by atoms with Crippen LogP contribution in [0, 0.1) is 5.92 Å². The van der Waals surface area contributed by atoms with Crippen LogP contribution in [-0.4, -0.2) is 64.4 Å². The van der Waals surface area contributed by atoms with E-state index >= 15 is 0 Å². The van der Waals surface area contributed by atoms with E-state index in [1.54, 1.807) is 42.3 Å². The van der Waals surface area contributed by atoms with Crippen molar-refractivity contribution in [2.24, 2.45) is 5.92 Å². The largest absolute Gasteiger partial charge is 0.497 e. The van der Waals surface area contributed by atoms with Gasteiger partial charge in [-0.2, -0.15) is 0 Å². The van der Waals surface area contributed by atoms with Crippen molar-refractivity contribution in [3.05, 3.63) is 77.9 Å². The molecule has 2 amide bonds. The lowest BCUT2D eigenvalue weighted by atomic mass is 9.82. The van der Waals surface area contributed by atoms with Gasteiger partial charge >= 0.3 is 5.97 Å². The fraction of sp³-hybridized carbons (Fsp3) is 0.417. The molecule has 0 aromatic heterocycles. The molecular formula is C36H45N3O7Si. The number of anilines is 3. The summed E-state index contributed by atoms with van der Waals surface area (Å²) >= 11 is 0. The average molecular weight is 660 g/mol. The number of fused-ring (bicyclic) bond motifs is 2. The zero-order valence-electron chi connectivity index (χ0n) is 27.7. The number of amides is 2. The molecule has 0 saturated carbocycles. The van der Waals surface area contributed by atoms with Crippen LogP contribution in [0.2, 0.25) is 18.6 Å². The van der Waals surface area contributed by atoms with Crippen LogP contribution in [0.4, 0.5) is 17.1 Å². The van der Waals surface area contributed by atoms with E-state index in [4.69, 9.17) is 19.9 Å². The first-order valence-corrected chi connectivity index (χ1v) is 19.2. The van der Waals surface area contributed by atoms with Gasteiger partial charge in [-0.25, -0.2) is 0 Å². The summed E-state index contributed by atoms with van der Waals surface area (Å²) in [7, 11) is 0.665. The van der Waals surface area contributed by atoms with Gasteiger partial charge in [0.15, 0.2) is 5.60 Å². The third kappa shape index (κ3) is 6.39. The number of aliphatic hydroxyl groups excluding tert-OH is 1. The molecule has 4 N–H and O–H groups in total. The lowest BCUT2D eigenvalue weighted by molar-refractivity contribution is -0.146. The number of carbonyl (C=O) groups is 3. The fourth-order valence-electron chi connectivity index (χ4n) is 7.49. The zero-order valence-corrected chi connectivity index (χ0v) is 28.7. The molecule has 3 aromatic carbocycles. The van der Waals surface area contributed by atoms with Gasteiger partial charge in [0, 0.05) is 48.0 Å². The molecule has 0 unspecified atom stereocenters. The maximum Gasteiger partial charge on any atom is 0.305 e. The van der Waals surface area contributed by atoms with Crippen LogP contribution >= 0.6 is 0 Å². The Kier molecular flexibility index (Phi) is 10.1. The van der Waals surface area contributed by atoms with Gasteiger partial charge in [-0.1, -0.05) is 37.3 Å². The normalized spacial score (nSPS) is 22.0. The lowest BCUT2D eigenvalue weighted by Crippen LogP contribution is -2.52. The number of methoxy groups -OCH3 is 2. The van der Waals surface area contributed by atoms with Crippen LogP contribution in [0.1, 0.15) is 48.5 Å². The van der Waals surface area contributed by atoms with Crippen molar-refractivity contribution in [3.8, 4) is 5.75 Å². The maximum atomic E-state index is 14.8. The molecule has 11 heteroatoms. The number of nitrogens with zero attached hydrogens (tertiary/aromatic N) is 1. The van der Waals surface area contributed by atoms with Gasteiger partial charge in [0.1, 0.15) is 5.75 Å². The van der Waals surface area contributed by atoms with Gasteiger partial charge in [0.2, 0.25) is 0 Å². The van der Waals surface area contributed by atoms with Crippen molar-refractivity contribution < 1.29 is 33.7 Å². The van der Waals surface area contributed by atoms with E-state index in [9.17, 15) is 19.5 Å². The highest BCUT2D eigenvalue weighted by Gasteiger charge is 2.66. The fourth-order valence-corrected chi connectivity index (χ4v) is 11.5. The van der Waals surface area contributed by atoms with Crippen LogP contribution in [0.5, 0.6) is 5.75 Å². The molecule has 250 valence electrons. The SMILES string of the molecule is COC(=O)CCCCN1C(=O)[C@]2(O[C@H](CCO)[C@@H]([Si](C)(C)c3ccc(OC)cc3)[C@@H]2C)c2cc(NC(=O)c3ccc(N)cc3)ccc21. The standard InChI is InChI=1S/C36H45N3O7Si/c1-23-33(47(4,5)28-16-14-27(44-2)15-17-28)31(19-21-40)46-36(23)29-22-26(38-34(42)24-9-11-25(37)12-10-24)13-18-30(29)39(35(36)43)20-7-6-8-32(41)45-3/h9-18,22-23,31,33,40H,6-8,19-21,37H2,1-5H3,(H,38,42)/t23-,31+,33-,36+/m0/s1. The Hall–Kier alpha value is -4.19. The van der Waals surface area contributed by atoms with Crippen LogP contribution in [-0.2, 0) is 24.7 Å². The minimum atomic E-state index is -2.34. The van der Waals surface area contributed by atoms with Gasteiger partial charge < -0.3 is 35.3 Å². The maximum absolute atomic E-state index is 14.8. The quantitative estimate of drug-likeness (QED) is 0.109. The number of nitrogens with two attached hydrogens (primary N) is 1. The molecule has 10 nitrogen and oxygen atoms in total. The summed E-state index contributed by atoms with van der Waals surface area (Å²) in [6.07, 6.45) is 1.44. The van der Waals surface area contributed by atoms with E-state index in [1.165, 1.54) is 12.3 Å². The average Bonchev–Trinajstić information content (AvgIpc) is 3.49. The molecule has 4 atom stereocenters. The predicted octanol–water partition coefficient (Wildman–Crippen LogP) is 4.82. The first-order chi connectivity index (χ1) is 22.5. The number of rotatable bonds is 12. The lowest BCUT2D eigenvalue weighted by Gasteiger charge is -2.37. The number of aliphatic hydroxyl groups is 1. The summed E-state index contributed by atoms with van der Waals surface area (Å²) in [6, 6.07) is 20.3. The van der Waals surface area contributed by atoms with Gasteiger partial charge in [-0.15, -0.1) is 0 Å². The van der Waals surface area contributed by atoms with Crippen LogP contribution in [0.15, 0.2) is 66.7 Å². The van der Waals surface area contributed by atoms with Gasteiger partial charge in [-0.05, 0) is 79.4 Å². The van der Waals surface area contributed by atoms with E-state index in [2.05, 4.69) is 37.5 Å². The number of hydrogen-bond donors (Lipinski definition) is 3. The number of nitrogens with one attached hydrogen (secondary N) is 1. The summed E-state index contributed by atoms with van der Waals surface area (Å²) in [4.78, 5) is 41.5. The molecule has 1 spiro atoms. The Balaban J connectivity index is 1.55. The van der Waals surface area contributed by atoms with Crippen molar-refractivity contribution >= 4 is 48.1 Å². The van der Waals surface area contributed by atoms with Gasteiger partial charge in [0.05, 0.1) is 34.1 Å². The number of esters is 1. The van der Waals surface area contributed by atoms with Crippen molar-refractivity contribution in [1.82, 2.24) is 0 Å². The van der Waals surface area contributed by atoms with E-state index in [0.717, 1.165) is 11.4 Å². The molecule has 2 aliphatic rings. The number of benzene rings is 3. The van der Waals surface area contributed by atoms with Crippen LogP contribution in [0.25, 0.3) is 0 Å². The molecule has 47 heavy (non-hydrogen) atoms. The number of carbonyl (C=O) groups excluding carboxylic acids is 3. The van der Waals surface area contributed by atoms with E-state index in [0.29, 0.717) is 48.3 Å². The number of unbranched alkanes of at least 4 members (excludes halogenated alkanes) is 1. The minimum absolute atomic E-state index is 0.0212. The Labute approximate surface area is 277 Å². The second-order valence-corrected chi connectivity index (χ2v) is 17.7. The molecule has 5 rings (SSSR count). The zero-order chi connectivity index (χ0) is 33.9. The summed E-state index contributed by atoms with van der Waals surface area (Å²) in [5.74, 6) is -0.229. The molecule has 0 radical (unpaired) electrons. The number of hydrogen-bond acceptors (Lipinski definition) is 8. The van der Waals surface area contributed by atoms with E-state index < -0.39 is 13.7 Å². The summed E-state index contributed by atoms with van der Waals surface area (Å²) in [5, 5.41) is 14.4. The summed E-state index contributed by atoms with van der Waals surface area (Å²) in [6.45, 7) is 6.98. The summed E-state index contributed by atoms with van der Waals surface area (Å²) < 4.78 is 17.2. The van der Waals surface area contributed by atoms with Gasteiger partial charge in [-0.3, -0.25) is 14.4 Å². The second kappa shape index (κ2) is 13.9. The molecule has 2 heterocycles. The van der Waals surface area contributed by atoms with Gasteiger partial charge in [0.25, 0.3) is 11.8 Å². The van der Waals surface area contributed by atoms with Crippen molar-refractivity contribution in [1.29, 1.82) is 0 Å². The predicted molar refractivity (Wildman–Crippen MR) is 185 cm³/mol.